The van der Waals surface area contributed by atoms with E-state index < -0.39 is 11.9 Å². The number of aromatic nitrogens is 2. The Hall–Kier alpha value is -2.70. The second kappa shape index (κ2) is 5.96. The van der Waals surface area contributed by atoms with Crippen molar-refractivity contribution in [3.05, 3.63) is 47.1 Å². The van der Waals surface area contributed by atoms with Gasteiger partial charge in [0.2, 0.25) is 5.89 Å². The summed E-state index contributed by atoms with van der Waals surface area (Å²) in [5.41, 5.74) is 1.17. The van der Waals surface area contributed by atoms with Gasteiger partial charge in [-0.2, -0.15) is 4.98 Å². The molecule has 0 atom stereocenters. The van der Waals surface area contributed by atoms with E-state index in [9.17, 15) is 9.59 Å². The Labute approximate surface area is 114 Å². The van der Waals surface area contributed by atoms with Crippen LogP contribution in [-0.2, 0) is 6.42 Å². The molecular formula is C13H13N3O4. The normalized spacial score (nSPS) is 10.2. The number of carbonyl (C=O) groups excluding carboxylic acids is 1. The number of aryl methyl sites for hydroxylation is 1. The average molecular weight is 275 g/mol. The fourth-order valence-electron chi connectivity index (χ4n) is 1.60. The first-order valence-corrected chi connectivity index (χ1v) is 5.97. The molecule has 0 aliphatic rings. The highest BCUT2D eigenvalue weighted by atomic mass is 16.5. The lowest BCUT2D eigenvalue weighted by Gasteiger charge is -2.03. The number of carbonyl (C=O) groups is 2. The maximum Gasteiger partial charge on any atom is 0.335 e. The highest BCUT2D eigenvalue weighted by molar-refractivity contribution is 5.90. The SMILES string of the molecule is Cc1nc(C(=O)NCCc2ccc(C(=O)O)cc2)no1. The predicted molar refractivity (Wildman–Crippen MR) is 68.5 cm³/mol. The summed E-state index contributed by atoms with van der Waals surface area (Å²) in [5, 5.41) is 14.9. The number of benzene rings is 1. The van der Waals surface area contributed by atoms with Crippen molar-refractivity contribution in [1.29, 1.82) is 0 Å². The number of aromatic carboxylic acids is 1. The Morgan fingerprint density at radius 1 is 1.30 bits per heavy atom. The van der Waals surface area contributed by atoms with Crippen molar-refractivity contribution in [2.75, 3.05) is 6.54 Å². The second-order valence-electron chi connectivity index (χ2n) is 4.14. The summed E-state index contributed by atoms with van der Waals surface area (Å²) in [5.74, 6) is -1.02. The molecule has 0 bridgehead atoms. The van der Waals surface area contributed by atoms with E-state index in [1.165, 1.54) is 12.1 Å². The molecule has 1 aromatic carbocycles. The molecule has 7 nitrogen and oxygen atoms in total. The van der Waals surface area contributed by atoms with Gasteiger partial charge in [0.15, 0.2) is 0 Å². The molecule has 2 aromatic rings. The van der Waals surface area contributed by atoms with E-state index in [1.54, 1.807) is 19.1 Å². The fraction of sp³-hybridized carbons (Fsp3) is 0.231. The molecule has 20 heavy (non-hydrogen) atoms. The molecule has 1 aromatic heterocycles. The first-order chi connectivity index (χ1) is 9.56. The van der Waals surface area contributed by atoms with Crippen LogP contribution in [0.1, 0.15) is 32.4 Å². The highest BCUT2D eigenvalue weighted by Crippen LogP contribution is 2.05. The summed E-state index contributed by atoms with van der Waals surface area (Å²) >= 11 is 0. The Bertz CT molecular complexity index is 619. The van der Waals surface area contributed by atoms with Gasteiger partial charge in [0, 0.05) is 13.5 Å². The minimum absolute atomic E-state index is 0.00345. The molecule has 7 heteroatoms. The van der Waals surface area contributed by atoms with Crippen LogP contribution in [0.15, 0.2) is 28.8 Å². The van der Waals surface area contributed by atoms with Gasteiger partial charge in [0.1, 0.15) is 0 Å². The summed E-state index contributed by atoms with van der Waals surface area (Å²) in [4.78, 5) is 26.1. The van der Waals surface area contributed by atoms with Gasteiger partial charge in [-0.15, -0.1) is 0 Å². The van der Waals surface area contributed by atoms with Crippen LogP contribution >= 0.6 is 0 Å². The van der Waals surface area contributed by atoms with Gasteiger partial charge in [0.05, 0.1) is 5.56 Å². The van der Waals surface area contributed by atoms with Crippen molar-refractivity contribution >= 4 is 11.9 Å². The van der Waals surface area contributed by atoms with Crippen LogP contribution in [-0.4, -0.2) is 33.7 Å². The third kappa shape index (κ3) is 3.41. The molecule has 0 aliphatic heterocycles. The minimum Gasteiger partial charge on any atom is -0.478 e. The third-order valence-electron chi connectivity index (χ3n) is 2.63. The molecule has 1 heterocycles. The largest absolute Gasteiger partial charge is 0.478 e. The maximum absolute atomic E-state index is 11.6. The molecule has 0 saturated heterocycles. The van der Waals surface area contributed by atoms with Gasteiger partial charge in [-0.25, -0.2) is 4.79 Å². The molecule has 2 N–H and O–H groups in total. The summed E-state index contributed by atoms with van der Waals surface area (Å²) in [6.45, 7) is 2.01. The smallest absolute Gasteiger partial charge is 0.335 e. The summed E-state index contributed by atoms with van der Waals surface area (Å²) in [6, 6.07) is 6.49. The number of nitrogens with zero attached hydrogens (tertiary/aromatic N) is 2. The van der Waals surface area contributed by atoms with Crippen LogP contribution in [0.4, 0.5) is 0 Å². The Balaban J connectivity index is 1.83. The van der Waals surface area contributed by atoms with Crippen molar-refractivity contribution in [3.63, 3.8) is 0 Å². The first kappa shape index (κ1) is 13.7. The lowest BCUT2D eigenvalue weighted by atomic mass is 10.1. The van der Waals surface area contributed by atoms with Crippen LogP contribution in [0.25, 0.3) is 0 Å². The van der Waals surface area contributed by atoms with Crippen molar-refractivity contribution in [2.24, 2.45) is 0 Å². The van der Waals surface area contributed by atoms with Gasteiger partial charge < -0.3 is 14.9 Å². The summed E-state index contributed by atoms with van der Waals surface area (Å²) in [6.07, 6.45) is 0.586. The number of carboxylic acid groups (broad SMARTS) is 1. The topological polar surface area (TPSA) is 105 Å². The van der Waals surface area contributed by atoms with E-state index in [0.717, 1.165) is 5.56 Å². The zero-order valence-corrected chi connectivity index (χ0v) is 10.8. The van der Waals surface area contributed by atoms with E-state index in [1.807, 2.05) is 0 Å². The van der Waals surface area contributed by atoms with Crippen molar-refractivity contribution in [2.45, 2.75) is 13.3 Å². The van der Waals surface area contributed by atoms with E-state index in [-0.39, 0.29) is 11.4 Å². The number of hydrogen-bond donors (Lipinski definition) is 2. The van der Waals surface area contributed by atoms with Crippen LogP contribution < -0.4 is 5.32 Å². The lowest BCUT2D eigenvalue weighted by Crippen LogP contribution is -2.26. The Morgan fingerprint density at radius 2 is 2.00 bits per heavy atom. The zero-order chi connectivity index (χ0) is 14.5. The van der Waals surface area contributed by atoms with Crippen molar-refractivity contribution in [3.8, 4) is 0 Å². The number of nitrogens with one attached hydrogen (secondary N) is 1. The Kier molecular flexibility index (Phi) is 4.09. The molecule has 0 saturated carbocycles. The summed E-state index contributed by atoms with van der Waals surface area (Å²) < 4.78 is 4.71. The van der Waals surface area contributed by atoms with Crippen LogP contribution in [0.2, 0.25) is 0 Å². The number of carboxylic acids is 1. The predicted octanol–water partition coefficient (Wildman–Crippen LogP) is 1.05. The van der Waals surface area contributed by atoms with Gasteiger partial charge in [-0.1, -0.05) is 17.3 Å². The molecule has 0 fully saturated rings. The molecule has 104 valence electrons. The molecule has 2 rings (SSSR count). The van der Waals surface area contributed by atoms with Crippen LogP contribution in [0.3, 0.4) is 0 Å². The molecule has 0 unspecified atom stereocenters. The van der Waals surface area contributed by atoms with Crippen LogP contribution in [0, 0.1) is 6.92 Å². The lowest BCUT2D eigenvalue weighted by molar-refractivity contribution is 0.0696. The molecule has 0 aliphatic carbocycles. The minimum atomic E-state index is -0.961. The van der Waals surface area contributed by atoms with E-state index in [0.29, 0.717) is 18.9 Å². The van der Waals surface area contributed by atoms with Crippen LogP contribution in [0.5, 0.6) is 0 Å². The molecular weight excluding hydrogens is 262 g/mol. The van der Waals surface area contributed by atoms with Crippen molar-refractivity contribution in [1.82, 2.24) is 15.5 Å². The van der Waals surface area contributed by atoms with E-state index in [4.69, 9.17) is 9.63 Å². The quantitative estimate of drug-likeness (QED) is 0.844. The Morgan fingerprint density at radius 3 is 2.55 bits per heavy atom. The molecule has 0 spiro atoms. The van der Waals surface area contributed by atoms with Gasteiger partial charge in [0.25, 0.3) is 11.7 Å². The molecule has 0 radical (unpaired) electrons. The van der Waals surface area contributed by atoms with Gasteiger partial charge in [-0.05, 0) is 24.1 Å². The van der Waals surface area contributed by atoms with E-state index >= 15 is 0 Å². The fourth-order valence-corrected chi connectivity index (χ4v) is 1.60. The van der Waals surface area contributed by atoms with E-state index in [2.05, 4.69) is 15.5 Å². The summed E-state index contributed by atoms with van der Waals surface area (Å²) in [7, 11) is 0. The van der Waals surface area contributed by atoms with Gasteiger partial charge >= 0.3 is 5.97 Å². The zero-order valence-electron chi connectivity index (χ0n) is 10.8. The second-order valence-corrected chi connectivity index (χ2v) is 4.14. The van der Waals surface area contributed by atoms with Gasteiger partial charge in [-0.3, -0.25) is 4.79 Å². The first-order valence-electron chi connectivity index (χ1n) is 5.97. The van der Waals surface area contributed by atoms with Crippen molar-refractivity contribution < 1.29 is 19.2 Å². The average Bonchev–Trinajstić information content (AvgIpc) is 2.86. The number of rotatable bonds is 5. The third-order valence-corrected chi connectivity index (χ3v) is 2.63. The number of hydrogen-bond acceptors (Lipinski definition) is 5. The molecule has 1 amide bonds. The highest BCUT2D eigenvalue weighted by Gasteiger charge is 2.11. The maximum atomic E-state index is 11.6. The number of amides is 1. The standard InChI is InChI=1S/C13H13N3O4/c1-8-15-11(16-20-8)12(17)14-7-6-9-2-4-10(5-3-9)13(18)19/h2-5H,6-7H2,1H3,(H,14,17)(H,18,19). The monoisotopic (exact) mass is 275 g/mol.